The first-order valence-electron chi connectivity index (χ1n) is 12.0. The number of benzene rings is 1. The van der Waals surface area contributed by atoms with E-state index in [1.54, 1.807) is 31.1 Å². The van der Waals surface area contributed by atoms with Crippen LogP contribution in [0.5, 0.6) is 0 Å². The Hall–Kier alpha value is -3.30. The van der Waals surface area contributed by atoms with Gasteiger partial charge in [-0.3, -0.25) is 14.1 Å². The molecule has 1 saturated heterocycles. The van der Waals surface area contributed by atoms with Crippen LogP contribution in [0, 0.1) is 5.82 Å². The van der Waals surface area contributed by atoms with Gasteiger partial charge < -0.3 is 14.5 Å². The molecule has 0 radical (unpaired) electrons. The fourth-order valence-corrected chi connectivity index (χ4v) is 5.25. The third kappa shape index (κ3) is 3.44. The van der Waals surface area contributed by atoms with Gasteiger partial charge in [0.2, 0.25) is 0 Å². The highest BCUT2D eigenvalue weighted by Gasteiger charge is 2.34. The molecule has 1 aliphatic heterocycles. The summed E-state index contributed by atoms with van der Waals surface area (Å²) < 4.78 is 24.1. The Morgan fingerprint density at radius 2 is 1.89 bits per heavy atom. The molecule has 1 saturated carbocycles. The van der Waals surface area contributed by atoms with Crippen molar-refractivity contribution in [3.8, 4) is 11.1 Å². The number of rotatable bonds is 5. The van der Waals surface area contributed by atoms with Crippen molar-refractivity contribution in [2.24, 2.45) is 7.05 Å². The number of anilines is 1. The van der Waals surface area contributed by atoms with E-state index in [0.29, 0.717) is 22.7 Å². The normalized spacial score (nSPS) is 20.6. The summed E-state index contributed by atoms with van der Waals surface area (Å²) in [5.74, 6) is 0.537. The number of aryl methyl sites for hydroxylation is 1. The standard InChI is InChI=1S/C26H29FN6O2/c1-30(2)17-13-32(14-17)24-6-5-15(11-29-24)19-9-20-22(10-21(19)27)28-12-23-25(20)33(26(34)31(23)3)16-7-18(8-16)35-4/h5-6,9-12,16-18H,7-8,13-14H2,1-4H3. The van der Waals surface area contributed by atoms with Crippen LogP contribution >= 0.6 is 0 Å². The number of hydrogen-bond acceptors (Lipinski definition) is 6. The van der Waals surface area contributed by atoms with E-state index in [2.05, 4.69) is 33.9 Å². The zero-order chi connectivity index (χ0) is 24.4. The van der Waals surface area contributed by atoms with Gasteiger partial charge in [0, 0.05) is 68.1 Å². The third-order valence-corrected chi connectivity index (χ3v) is 7.75. The molecule has 35 heavy (non-hydrogen) atoms. The summed E-state index contributed by atoms with van der Waals surface area (Å²) in [6.45, 7) is 1.87. The Labute approximate surface area is 202 Å². The van der Waals surface area contributed by atoms with E-state index in [1.807, 2.05) is 22.8 Å². The summed E-state index contributed by atoms with van der Waals surface area (Å²) >= 11 is 0. The Balaban J connectivity index is 1.42. The fourth-order valence-electron chi connectivity index (χ4n) is 5.25. The highest BCUT2D eigenvalue weighted by atomic mass is 19.1. The van der Waals surface area contributed by atoms with Crippen LogP contribution in [0.4, 0.5) is 10.2 Å². The molecule has 9 heteroatoms. The molecular formula is C26H29FN6O2. The van der Waals surface area contributed by atoms with Crippen molar-refractivity contribution in [1.29, 1.82) is 0 Å². The van der Waals surface area contributed by atoms with E-state index < -0.39 is 0 Å². The molecule has 6 rings (SSSR count). The molecule has 4 heterocycles. The predicted octanol–water partition coefficient (Wildman–Crippen LogP) is 3.19. The zero-order valence-electron chi connectivity index (χ0n) is 20.4. The van der Waals surface area contributed by atoms with Crippen molar-refractivity contribution < 1.29 is 9.13 Å². The second-order valence-corrected chi connectivity index (χ2v) is 9.96. The zero-order valence-corrected chi connectivity index (χ0v) is 20.4. The average Bonchev–Trinajstić information content (AvgIpc) is 3.03. The van der Waals surface area contributed by atoms with Gasteiger partial charge in [-0.05, 0) is 45.1 Å². The van der Waals surface area contributed by atoms with Crippen molar-refractivity contribution in [1.82, 2.24) is 24.0 Å². The Morgan fingerprint density at radius 3 is 2.54 bits per heavy atom. The predicted molar refractivity (Wildman–Crippen MR) is 134 cm³/mol. The van der Waals surface area contributed by atoms with Crippen molar-refractivity contribution >= 4 is 27.8 Å². The largest absolute Gasteiger partial charge is 0.381 e. The van der Waals surface area contributed by atoms with Crippen LogP contribution < -0.4 is 10.6 Å². The second kappa shape index (κ2) is 8.13. The minimum Gasteiger partial charge on any atom is -0.381 e. The summed E-state index contributed by atoms with van der Waals surface area (Å²) in [4.78, 5) is 26.7. The number of pyridine rings is 2. The molecule has 8 nitrogen and oxygen atoms in total. The van der Waals surface area contributed by atoms with Gasteiger partial charge in [0.15, 0.2) is 0 Å². The van der Waals surface area contributed by atoms with Crippen LogP contribution in [0.1, 0.15) is 18.9 Å². The second-order valence-electron chi connectivity index (χ2n) is 9.96. The molecule has 2 fully saturated rings. The van der Waals surface area contributed by atoms with Crippen LogP contribution in [0.2, 0.25) is 0 Å². The van der Waals surface area contributed by atoms with Gasteiger partial charge in [-0.1, -0.05) is 0 Å². The van der Waals surface area contributed by atoms with E-state index in [4.69, 9.17) is 4.74 Å². The molecule has 0 bridgehead atoms. The molecule has 182 valence electrons. The number of aromatic nitrogens is 4. The van der Waals surface area contributed by atoms with Crippen LogP contribution in [0.25, 0.3) is 33.1 Å². The smallest absolute Gasteiger partial charge is 0.329 e. The lowest BCUT2D eigenvalue weighted by Crippen LogP contribution is -2.57. The average molecular weight is 477 g/mol. The van der Waals surface area contributed by atoms with Gasteiger partial charge in [0.1, 0.15) is 11.6 Å². The number of halogens is 1. The number of fused-ring (bicyclic) bond motifs is 3. The topological polar surface area (TPSA) is 68.4 Å². The first kappa shape index (κ1) is 22.2. The van der Waals surface area contributed by atoms with E-state index in [1.165, 1.54) is 6.07 Å². The van der Waals surface area contributed by atoms with Crippen LogP contribution in [0.3, 0.4) is 0 Å². The minimum atomic E-state index is -0.358. The van der Waals surface area contributed by atoms with Crippen molar-refractivity contribution in [2.45, 2.75) is 31.0 Å². The first-order chi connectivity index (χ1) is 16.9. The van der Waals surface area contributed by atoms with Crippen molar-refractivity contribution in [3.63, 3.8) is 0 Å². The molecule has 0 amide bonds. The van der Waals surface area contributed by atoms with E-state index in [-0.39, 0.29) is 23.7 Å². The summed E-state index contributed by atoms with van der Waals surface area (Å²) in [7, 11) is 7.62. The molecule has 0 N–H and O–H groups in total. The number of likely N-dealkylation sites (N-methyl/N-ethyl adjacent to an activating group) is 1. The lowest BCUT2D eigenvalue weighted by molar-refractivity contribution is 0.00635. The van der Waals surface area contributed by atoms with Crippen LogP contribution in [-0.2, 0) is 11.8 Å². The summed E-state index contributed by atoms with van der Waals surface area (Å²) in [6.07, 6.45) is 5.11. The van der Waals surface area contributed by atoms with Gasteiger partial charge in [0.05, 0.1) is 28.9 Å². The van der Waals surface area contributed by atoms with Gasteiger partial charge in [-0.15, -0.1) is 0 Å². The molecule has 4 aromatic rings. The van der Waals surface area contributed by atoms with E-state index in [0.717, 1.165) is 48.2 Å². The quantitative estimate of drug-likeness (QED) is 0.441. The molecular weight excluding hydrogens is 447 g/mol. The maximum Gasteiger partial charge on any atom is 0.329 e. The highest BCUT2D eigenvalue weighted by Crippen LogP contribution is 2.38. The highest BCUT2D eigenvalue weighted by molar-refractivity contribution is 6.04. The van der Waals surface area contributed by atoms with Gasteiger partial charge in [0.25, 0.3) is 0 Å². The molecule has 1 aromatic carbocycles. The van der Waals surface area contributed by atoms with Crippen molar-refractivity contribution in [2.75, 3.05) is 39.2 Å². The molecule has 2 aliphatic rings. The Bertz CT molecular complexity index is 1480. The summed E-state index contributed by atoms with van der Waals surface area (Å²) in [5, 5.41) is 0.762. The summed E-state index contributed by atoms with van der Waals surface area (Å²) in [5.41, 5.74) is 3.12. The lowest BCUT2D eigenvalue weighted by atomic mass is 9.89. The van der Waals surface area contributed by atoms with Gasteiger partial charge >= 0.3 is 5.69 Å². The molecule has 0 atom stereocenters. The SMILES string of the molecule is COC1CC(n2c(=O)n(C)c3cnc4cc(F)c(-c5ccc(N6CC(N(C)C)C6)nc5)cc4c32)C1. The number of ether oxygens (including phenoxy) is 1. The number of imidazole rings is 1. The first-order valence-corrected chi connectivity index (χ1v) is 12.0. The Kier molecular flexibility index (Phi) is 5.16. The molecule has 1 aliphatic carbocycles. The number of nitrogens with zero attached hydrogens (tertiary/aromatic N) is 6. The number of methoxy groups -OCH3 is 1. The van der Waals surface area contributed by atoms with Crippen LogP contribution in [0.15, 0.2) is 41.5 Å². The van der Waals surface area contributed by atoms with E-state index >= 15 is 4.39 Å². The van der Waals surface area contributed by atoms with Gasteiger partial charge in [-0.2, -0.15) is 0 Å². The van der Waals surface area contributed by atoms with E-state index in [9.17, 15) is 4.79 Å². The maximum atomic E-state index is 15.2. The van der Waals surface area contributed by atoms with Crippen molar-refractivity contribution in [3.05, 3.63) is 53.0 Å². The Morgan fingerprint density at radius 1 is 1.11 bits per heavy atom. The van der Waals surface area contributed by atoms with Gasteiger partial charge in [-0.25, -0.2) is 14.2 Å². The third-order valence-electron chi connectivity index (χ3n) is 7.75. The molecule has 0 unspecified atom stereocenters. The minimum absolute atomic E-state index is 0.0544. The molecule has 0 spiro atoms. The number of hydrogen-bond donors (Lipinski definition) is 0. The maximum absolute atomic E-state index is 15.2. The van der Waals surface area contributed by atoms with Crippen LogP contribution in [-0.4, -0.2) is 70.4 Å². The fraction of sp³-hybridized carbons (Fsp3) is 0.423. The summed E-state index contributed by atoms with van der Waals surface area (Å²) in [6, 6.07) is 7.71. The lowest BCUT2D eigenvalue weighted by Gasteiger charge is -2.43. The molecule has 3 aromatic heterocycles. The monoisotopic (exact) mass is 476 g/mol.